The molecule has 5 nitrogen and oxygen atoms in total. The van der Waals surface area contributed by atoms with Crippen molar-refractivity contribution in [2.24, 2.45) is 0 Å². The van der Waals surface area contributed by atoms with Gasteiger partial charge in [-0.3, -0.25) is 4.79 Å². The summed E-state index contributed by atoms with van der Waals surface area (Å²) in [5.41, 5.74) is 0. The molecule has 196 valence electrons. The first-order valence-corrected chi connectivity index (χ1v) is 13.9. The Morgan fingerprint density at radius 1 is 0.824 bits per heavy atom. The molecule has 0 heterocycles. The van der Waals surface area contributed by atoms with E-state index in [9.17, 15) is 9.90 Å². The number of hydrogen-bond donors (Lipinski definition) is 2. The van der Waals surface area contributed by atoms with E-state index in [-0.39, 0.29) is 17.8 Å². The van der Waals surface area contributed by atoms with Gasteiger partial charge in [-0.05, 0) is 37.6 Å². The zero-order chi connectivity index (χ0) is 24.7. The molecule has 0 saturated carbocycles. The van der Waals surface area contributed by atoms with Crippen molar-refractivity contribution in [2.45, 2.75) is 123 Å². The number of unbranched alkanes of at least 4 members (excludes halogenated alkanes) is 13. The molecule has 0 spiro atoms. The van der Waals surface area contributed by atoms with Crippen molar-refractivity contribution < 1.29 is 19.4 Å². The molecule has 0 fully saturated rings. The maximum atomic E-state index is 11.9. The van der Waals surface area contributed by atoms with Gasteiger partial charge in [-0.1, -0.05) is 96.8 Å². The Labute approximate surface area is 209 Å². The lowest BCUT2D eigenvalue weighted by molar-refractivity contribution is -0.121. The first-order valence-electron chi connectivity index (χ1n) is 13.9. The fourth-order valence-corrected chi connectivity index (χ4v) is 4.05. The van der Waals surface area contributed by atoms with Gasteiger partial charge in [0, 0.05) is 6.54 Å². The first-order chi connectivity index (χ1) is 16.6. The molecule has 0 saturated heterocycles. The Bertz CT molecular complexity index is 590. The summed E-state index contributed by atoms with van der Waals surface area (Å²) < 4.78 is 11.3. The van der Waals surface area contributed by atoms with Gasteiger partial charge >= 0.3 is 0 Å². The minimum Gasteiger partial charge on any atom is -0.508 e. The van der Waals surface area contributed by atoms with Gasteiger partial charge in [0.25, 0.3) is 0 Å². The van der Waals surface area contributed by atoms with Crippen molar-refractivity contribution in [3.63, 3.8) is 0 Å². The van der Waals surface area contributed by atoms with Gasteiger partial charge in [0.15, 0.2) is 0 Å². The Kier molecular flexibility index (Phi) is 19.4. The van der Waals surface area contributed by atoms with Crippen molar-refractivity contribution in [3.8, 4) is 11.5 Å². The number of ether oxygens (including phenoxy) is 2. The van der Waals surface area contributed by atoms with E-state index in [0.717, 1.165) is 6.42 Å². The molecule has 34 heavy (non-hydrogen) atoms. The molecule has 0 aliphatic carbocycles. The third-order valence-electron chi connectivity index (χ3n) is 6.23. The van der Waals surface area contributed by atoms with Crippen LogP contribution in [0.1, 0.15) is 117 Å². The molecule has 0 bridgehead atoms. The van der Waals surface area contributed by atoms with E-state index >= 15 is 0 Å². The third kappa shape index (κ3) is 18.7. The molecule has 1 aromatic rings. The van der Waals surface area contributed by atoms with Crippen LogP contribution in [-0.2, 0) is 9.53 Å². The molecule has 0 aliphatic heterocycles. The highest BCUT2D eigenvalue weighted by Crippen LogP contribution is 2.16. The molecule has 5 heteroatoms. The van der Waals surface area contributed by atoms with Crippen molar-refractivity contribution >= 4 is 5.91 Å². The van der Waals surface area contributed by atoms with E-state index in [2.05, 4.69) is 19.2 Å². The van der Waals surface area contributed by atoms with Crippen LogP contribution >= 0.6 is 0 Å². The number of benzene rings is 1. The van der Waals surface area contributed by atoms with Crippen LogP contribution in [-0.4, -0.2) is 36.9 Å². The van der Waals surface area contributed by atoms with Crippen LogP contribution in [0.3, 0.4) is 0 Å². The van der Waals surface area contributed by atoms with Crippen LogP contribution in [0.2, 0.25) is 0 Å². The van der Waals surface area contributed by atoms with E-state index < -0.39 is 0 Å². The minimum atomic E-state index is -0.0398. The second-order valence-corrected chi connectivity index (χ2v) is 9.51. The molecule has 2 N–H and O–H groups in total. The second-order valence-electron chi connectivity index (χ2n) is 9.51. The summed E-state index contributed by atoms with van der Waals surface area (Å²) in [5.74, 6) is 0.803. The summed E-state index contributed by atoms with van der Waals surface area (Å²) in [6.45, 7) is 5.79. The standard InChI is InChI=1S/C29H51NO4/c1-3-4-5-6-7-8-9-10-11-12-13-14-15-16-17-26(2)33-25-23-30-29(32)22-24-34-28-20-18-27(31)19-21-28/h18-21,26,31H,3-17,22-25H2,1-2H3,(H,30,32). The summed E-state index contributed by atoms with van der Waals surface area (Å²) in [7, 11) is 0. The summed E-state index contributed by atoms with van der Waals surface area (Å²) in [5, 5.41) is 12.1. The van der Waals surface area contributed by atoms with Crippen molar-refractivity contribution in [1.82, 2.24) is 5.32 Å². The number of phenolic OH excluding ortho intramolecular Hbond substituents is 1. The largest absolute Gasteiger partial charge is 0.508 e. The molecule has 0 aliphatic rings. The van der Waals surface area contributed by atoms with Crippen LogP contribution in [0, 0.1) is 0 Å². The fraction of sp³-hybridized carbons (Fsp3) is 0.759. The molecule has 1 atom stereocenters. The summed E-state index contributed by atoms with van der Waals surface area (Å²) in [6, 6.07) is 6.49. The highest BCUT2D eigenvalue weighted by molar-refractivity contribution is 5.75. The zero-order valence-electron chi connectivity index (χ0n) is 22.0. The average molecular weight is 478 g/mol. The SMILES string of the molecule is CCCCCCCCCCCCCCCCC(C)OCCNC(=O)CCOc1ccc(O)cc1. The number of nitrogens with one attached hydrogen (secondary N) is 1. The number of rotatable bonds is 23. The van der Waals surface area contributed by atoms with Gasteiger partial charge in [-0.2, -0.15) is 0 Å². The van der Waals surface area contributed by atoms with Gasteiger partial charge in [0.2, 0.25) is 5.91 Å². The molecule has 1 aromatic carbocycles. The number of phenols is 1. The van der Waals surface area contributed by atoms with Crippen LogP contribution < -0.4 is 10.1 Å². The van der Waals surface area contributed by atoms with E-state index in [1.54, 1.807) is 24.3 Å². The molecule has 1 rings (SSSR count). The maximum absolute atomic E-state index is 11.9. The Balaban J connectivity index is 1.81. The van der Waals surface area contributed by atoms with Gasteiger partial charge in [-0.25, -0.2) is 0 Å². The van der Waals surface area contributed by atoms with Gasteiger partial charge in [0.05, 0.1) is 25.7 Å². The summed E-state index contributed by atoms with van der Waals surface area (Å²) in [6.07, 6.45) is 21.0. The highest BCUT2D eigenvalue weighted by Gasteiger charge is 2.05. The Morgan fingerprint density at radius 3 is 1.91 bits per heavy atom. The number of hydrogen-bond acceptors (Lipinski definition) is 4. The van der Waals surface area contributed by atoms with Crippen molar-refractivity contribution in [2.75, 3.05) is 19.8 Å². The lowest BCUT2D eigenvalue weighted by atomic mass is 10.0. The Hall–Kier alpha value is -1.75. The topological polar surface area (TPSA) is 67.8 Å². The Morgan fingerprint density at radius 2 is 1.35 bits per heavy atom. The maximum Gasteiger partial charge on any atom is 0.223 e. The predicted molar refractivity (Wildman–Crippen MR) is 142 cm³/mol. The first kappa shape index (κ1) is 30.3. The lowest BCUT2D eigenvalue weighted by Crippen LogP contribution is -2.29. The lowest BCUT2D eigenvalue weighted by Gasteiger charge is -2.13. The highest BCUT2D eigenvalue weighted by atomic mass is 16.5. The second kappa shape index (κ2) is 21.8. The quantitative estimate of drug-likeness (QED) is 0.160. The van der Waals surface area contributed by atoms with E-state index in [1.165, 1.54) is 89.9 Å². The molecule has 1 amide bonds. The minimum absolute atomic E-state index is 0.0398. The van der Waals surface area contributed by atoms with E-state index in [1.807, 2.05) is 0 Å². The van der Waals surface area contributed by atoms with Crippen LogP contribution in [0.15, 0.2) is 24.3 Å². The fourth-order valence-electron chi connectivity index (χ4n) is 4.05. The van der Waals surface area contributed by atoms with Crippen LogP contribution in [0.25, 0.3) is 0 Å². The molecule has 0 aromatic heterocycles. The zero-order valence-corrected chi connectivity index (χ0v) is 22.0. The van der Waals surface area contributed by atoms with Crippen LogP contribution in [0.5, 0.6) is 11.5 Å². The normalized spacial score (nSPS) is 11.9. The third-order valence-corrected chi connectivity index (χ3v) is 6.23. The molecule has 0 radical (unpaired) electrons. The number of carbonyl (C=O) groups excluding carboxylic acids is 1. The number of carbonyl (C=O) groups is 1. The predicted octanol–water partition coefficient (Wildman–Crippen LogP) is 7.55. The number of amides is 1. The average Bonchev–Trinajstić information content (AvgIpc) is 2.83. The van der Waals surface area contributed by atoms with E-state index in [0.29, 0.717) is 31.9 Å². The van der Waals surface area contributed by atoms with E-state index in [4.69, 9.17) is 9.47 Å². The number of aromatic hydroxyl groups is 1. The van der Waals surface area contributed by atoms with Crippen molar-refractivity contribution in [1.29, 1.82) is 0 Å². The smallest absolute Gasteiger partial charge is 0.223 e. The summed E-state index contributed by atoms with van der Waals surface area (Å²) in [4.78, 5) is 11.9. The van der Waals surface area contributed by atoms with Gasteiger partial charge < -0.3 is 19.9 Å². The van der Waals surface area contributed by atoms with Crippen molar-refractivity contribution in [3.05, 3.63) is 24.3 Å². The molecular weight excluding hydrogens is 426 g/mol. The molecular formula is C29H51NO4. The molecule has 1 unspecified atom stereocenters. The van der Waals surface area contributed by atoms with Crippen LogP contribution in [0.4, 0.5) is 0 Å². The van der Waals surface area contributed by atoms with Gasteiger partial charge in [0.1, 0.15) is 11.5 Å². The monoisotopic (exact) mass is 477 g/mol. The van der Waals surface area contributed by atoms with Gasteiger partial charge in [-0.15, -0.1) is 0 Å². The summed E-state index contributed by atoms with van der Waals surface area (Å²) >= 11 is 0.